The number of carbonyl (C=O) groups is 1. The summed E-state index contributed by atoms with van der Waals surface area (Å²) < 4.78 is 40.7. The van der Waals surface area contributed by atoms with Gasteiger partial charge in [0.25, 0.3) is 0 Å². The van der Waals surface area contributed by atoms with E-state index in [2.05, 4.69) is 19.7 Å². The summed E-state index contributed by atoms with van der Waals surface area (Å²) in [4.78, 5) is 26.8. The minimum absolute atomic E-state index is 0.109. The zero-order chi connectivity index (χ0) is 25.8. The van der Waals surface area contributed by atoms with Gasteiger partial charge in [0, 0.05) is 42.3 Å². The smallest absolute Gasteiger partial charge is 0.480 e. The molecule has 188 valence electrons. The molecule has 0 unspecified atom stereocenters. The molecule has 1 aromatic carbocycles. The fourth-order valence-electron chi connectivity index (χ4n) is 3.00. The topological polar surface area (TPSA) is 88.4 Å². The van der Waals surface area contributed by atoms with Crippen molar-refractivity contribution in [3.63, 3.8) is 0 Å². The van der Waals surface area contributed by atoms with Crippen LogP contribution >= 0.6 is 23.1 Å². The Balaban J connectivity index is 1.65. The lowest BCUT2D eigenvalue weighted by Crippen LogP contribution is -2.34. The summed E-state index contributed by atoms with van der Waals surface area (Å²) in [5.41, 5.74) is 2.19. The standard InChI is InChI=1S/C23H25F3N4O3S2/c1-14(2)30(10-9-17-13-34-21(29-17)35-22(3,4)19(31)32)20-27-11-16(12-28-20)15-5-7-18(8-6-15)33-23(24,25)26/h5-8,11-14H,9-10H2,1-4H3,(H,31,32). The molecule has 2 heterocycles. The number of rotatable bonds is 10. The first-order valence-electron chi connectivity index (χ1n) is 10.7. The molecular formula is C23H25F3N4O3S2. The largest absolute Gasteiger partial charge is 0.573 e. The molecule has 0 saturated carbocycles. The number of thiazole rings is 1. The van der Waals surface area contributed by atoms with Crippen LogP contribution in [-0.2, 0) is 11.2 Å². The number of thioether (sulfide) groups is 1. The van der Waals surface area contributed by atoms with Crippen LogP contribution in [0.1, 0.15) is 33.4 Å². The maximum absolute atomic E-state index is 12.3. The summed E-state index contributed by atoms with van der Waals surface area (Å²) in [6, 6.07) is 5.63. The molecule has 0 aliphatic carbocycles. The minimum Gasteiger partial charge on any atom is -0.480 e. The monoisotopic (exact) mass is 526 g/mol. The molecule has 12 heteroatoms. The summed E-state index contributed by atoms with van der Waals surface area (Å²) in [7, 11) is 0. The Hall–Kier alpha value is -2.86. The van der Waals surface area contributed by atoms with E-state index < -0.39 is 17.1 Å². The minimum atomic E-state index is -4.74. The van der Waals surface area contributed by atoms with Crippen LogP contribution in [0.5, 0.6) is 5.75 Å². The Morgan fingerprint density at radius 2 is 1.77 bits per heavy atom. The Kier molecular flexibility index (Phi) is 8.26. The Morgan fingerprint density at radius 1 is 1.14 bits per heavy atom. The molecule has 0 spiro atoms. The van der Waals surface area contributed by atoms with Crippen LogP contribution in [0.25, 0.3) is 11.1 Å². The number of aromatic nitrogens is 3. The Morgan fingerprint density at radius 3 is 2.31 bits per heavy atom. The maximum Gasteiger partial charge on any atom is 0.573 e. The SMILES string of the molecule is CC(C)N(CCc1csc(SC(C)(C)C(=O)O)n1)c1ncc(-c2ccc(OC(F)(F)F)cc2)cn1. The van der Waals surface area contributed by atoms with Gasteiger partial charge in [0.15, 0.2) is 4.34 Å². The average Bonchev–Trinajstić information content (AvgIpc) is 3.20. The molecular weight excluding hydrogens is 501 g/mol. The van der Waals surface area contributed by atoms with Gasteiger partial charge in [0.2, 0.25) is 5.95 Å². The number of carboxylic acid groups (broad SMARTS) is 1. The van der Waals surface area contributed by atoms with Crippen molar-refractivity contribution < 1.29 is 27.8 Å². The first-order valence-corrected chi connectivity index (χ1v) is 12.4. The summed E-state index contributed by atoms with van der Waals surface area (Å²) in [6.45, 7) is 7.94. The fourth-order valence-corrected chi connectivity index (χ4v) is 5.23. The number of aliphatic carboxylic acids is 1. The molecule has 0 saturated heterocycles. The molecule has 0 radical (unpaired) electrons. The highest BCUT2D eigenvalue weighted by molar-refractivity contribution is 8.03. The lowest BCUT2D eigenvalue weighted by molar-refractivity contribution is -0.274. The van der Waals surface area contributed by atoms with Crippen LogP contribution in [0.2, 0.25) is 0 Å². The number of hydrogen-bond acceptors (Lipinski definition) is 8. The highest BCUT2D eigenvalue weighted by atomic mass is 32.2. The second-order valence-corrected chi connectivity index (χ2v) is 11.1. The van der Waals surface area contributed by atoms with Crippen molar-refractivity contribution in [1.82, 2.24) is 15.0 Å². The van der Waals surface area contributed by atoms with Crippen LogP contribution in [-0.4, -0.2) is 49.7 Å². The van der Waals surface area contributed by atoms with Crippen LogP contribution in [0.4, 0.5) is 19.1 Å². The van der Waals surface area contributed by atoms with E-state index in [1.54, 1.807) is 26.2 Å². The third-order valence-corrected chi connectivity index (χ3v) is 7.11. The number of benzene rings is 1. The second kappa shape index (κ2) is 10.8. The van der Waals surface area contributed by atoms with E-state index in [-0.39, 0.29) is 11.8 Å². The van der Waals surface area contributed by atoms with E-state index in [1.165, 1.54) is 47.4 Å². The third-order valence-electron chi connectivity index (χ3n) is 4.94. The molecule has 0 amide bonds. The van der Waals surface area contributed by atoms with Gasteiger partial charge in [-0.15, -0.1) is 24.5 Å². The molecule has 35 heavy (non-hydrogen) atoms. The fraction of sp³-hybridized carbons (Fsp3) is 0.391. The average molecular weight is 527 g/mol. The summed E-state index contributed by atoms with van der Waals surface area (Å²) in [5, 5.41) is 11.2. The lowest BCUT2D eigenvalue weighted by Gasteiger charge is -2.26. The van der Waals surface area contributed by atoms with Crippen molar-refractivity contribution in [2.24, 2.45) is 0 Å². The molecule has 3 rings (SSSR count). The number of alkyl halides is 3. The molecule has 0 aliphatic heterocycles. The maximum atomic E-state index is 12.3. The Bertz CT molecular complexity index is 1130. The molecule has 1 N–H and O–H groups in total. The van der Waals surface area contributed by atoms with E-state index in [4.69, 9.17) is 0 Å². The van der Waals surface area contributed by atoms with Crippen LogP contribution in [0, 0.1) is 0 Å². The second-order valence-electron chi connectivity index (χ2n) is 8.40. The normalized spacial score (nSPS) is 12.1. The van der Waals surface area contributed by atoms with Crippen LogP contribution in [0.3, 0.4) is 0 Å². The molecule has 0 aliphatic rings. The Labute approximate surface area is 209 Å². The van der Waals surface area contributed by atoms with E-state index in [0.717, 1.165) is 5.69 Å². The number of carboxylic acids is 1. The van der Waals surface area contributed by atoms with Gasteiger partial charge in [0.1, 0.15) is 10.5 Å². The molecule has 3 aromatic rings. The van der Waals surface area contributed by atoms with Crippen molar-refractivity contribution >= 4 is 35.0 Å². The summed E-state index contributed by atoms with van der Waals surface area (Å²) in [5.74, 6) is -0.658. The van der Waals surface area contributed by atoms with Gasteiger partial charge in [0.05, 0.1) is 5.69 Å². The summed E-state index contributed by atoms with van der Waals surface area (Å²) in [6.07, 6.45) is -0.846. The lowest BCUT2D eigenvalue weighted by atomic mass is 10.1. The number of hydrogen-bond donors (Lipinski definition) is 1. The first kappa shape index (κ1) is 26.7. The number of halogens is 3. The molecule has 2 aromatic heterocycles. The van der Waals surface area contributed by atoms with E-state index in [9.17, 15) is 23.1 Å². The van der Waals surface area contributed by atoms with Gasteiger partial charge in [-0.1, -0.05) is 23.9 Å². The van der Waals surface area contributed by atoms with Gasteiger partial charge >= 0.3 is 12.3 Å². The highest BCUT2D eigenvalue weighted by Crippen LogP contribution is 2.35. The highest BCUT2D eigenvalue weighted by Gasteiger charge is 2.31. The summed E-state index contributed by atoms with van der Waals surface area (Å²) >= 11 is 2.64. The van der Waals surface area contributed by atoms with Crippen molar-refractivity contribution in [2.45, 2.75) is 55.6 Å². The zero-order valence-corrected chi connectivity index (χ0v) is 21.2. The van der Waals surface area contributed by atoms with Crippen LogP contribution in [0.15, 0.2) is 46.4 Å². The van der Waals surface area contributed by atoms with Crippen molar-refractivity contribution in [1.29, 1.82) is 0 Å². The quantitative estimate of drug-likeness (QED) is 0.326. The predicted molar refractivity (Wildman–Crippen MR) is 130 cm³/mol. The first-order chi connectivity index (χ1) is 16.3. The zero-order valence-electron chi connectivity index (χ0n) is 19.5. The number of ether oxygens (including phenoxy) is 1. The molecule has 0 atom stereocenters. The van der Waals surface area contributed by atoms with Gasteiger partial charge < -0.3 is 14.7 Å². The van der Waals surface area contributed by atoms with E-state index in [0.29, 0.717) is 34.4 Å². The van der Waals surface area contributed by atoms with Gasteiger partial charge in [-0.25, -0.2) is 15.0 Å². The predicted octanol–water partition coefficient (Wildman–Crippen LogP) is 5.91. The van der Waals surface area contributed by atoms with Crippen molar-refractivity contribution in [2.75, 3.05) is 11.4 Å². The van der Waals surface area contributed by atoms with Crippen molar-refractivity contribution in [3.05, 3.63) is 47.7 Å². The third kappa shape index (κ3) is 7.56. The van der Waals surface area contributed by atoms with E-state index in [1.807, 2.05) is 24.1 Å². The van der Waals surface area contributed by atoms with Crippen molar-refractivity contribution in [3.8, 4) is 16.9 Å². The van der Waals surface area contributed by atoms with Crippen LogP contribution < -0.4 is 9.64 Å². The molecule has 0 fully saturated rings. The van der Waals surface area contributed by atoms with E-state index >= 15 is 0 Å². The molecule has 7 nitrogen and oxygen atoms in total. The molecule has 0 bridgehead atoms. The number of anilines is 1. The van der Waals surface area contributed by atoms with Gasteiger partial charge in [-0.3, -0.25) is 4.79 Å². The van der Waals surface area contributed by atoms with Gasteiger partial charge in [-0.2, -0.15) is 0 Å². The van der Waals surface area contributed by atoms with Gasteiger partial charge in [-0.05, 0) is 45.4 Å². The number of nitrogens with zero attached hydrogens (tertiary/aromatic N) is 4.